The van der Waals surface area contributed by atoms with E-state index in [1.54, 1.807) is 23.8 Å². The number of likely N-dealkylation sites (N-methyl/N-ethyl adjacent to an activating group) is 1. The van der Waals surface area contributed by atoms with Gasteiger partial charge in [-0.1, -0.05) is 23.9 Å². The highest BCUT2D eigenvalue weighted by atomic mass is 32.2. The number of hydrogen-bond donors (Lipinski definition) is 2. The maximum Gasteiger partial charge on any atom is 0.251 e. The number of hydrogen-bond acceptors (Lipinski definition) is 6. The summed E-state index contributed by atoms with van der Waals surface area (Å²) in [6.07, 6.45) is 0. The van der Waals surface area contributed by atoms with Crippen LogP contribution in [0.2, 0.25) is 0 Å². The second-order valence-corrected chi connectivity index (χ2v) is 8.93. The van der Waals surface area contributed by atoms with Crippen LogP contribution in [-0.2, 0) is 17.1 Å². The molecule has 7 nitrogen and oxygen atoms in total. The number of thioether (sulfide) groups is 1. The molecule has 2 heterocycles. The molecule has 0 saturated carbocycles. The number of rotatable bonds is 8. The zero-order chi connectivity index (χ0) is 21.5. The Balaban J connectivity index is 1.67. The molecule has 1 aromatic carbocycles. The van der Waals surface area contributed by atoms with E-state index >= 15 is 0 Å². The number of ether oxygens (including phenoxy) is 1. The third-order valence-corrected chi connectivity index (χ3v) is 5.90. The monoisotopic (exact) mass is 430 g/mol. The third kappa shape index (κ3) is 6.42. The van der Waals surface area contributed by atoms with E-state index in [4.69, 9.17) is 9.72 Å². The summed E-state index contributed by atoms with van der Waals surface area (Å²) in [6.45, 7) is 8.61. The van der Waals surface area contributed by atoms with E-state index in [9.17, 15) is 4.79 Å². The summed E-state index contributed by atoms with van der Waals surface area (Å²) in [5.74, 6) is 1.68. The third-order valence-electron chi connectivity index (χ3n) is 4.98. The Morgan fingerprint density at radius 2 is 1.93 bits per heavy atom. The smallest absolute Gasteiger partial charge is 0.251 e. The van der Waals surface area contributed by atoms with Crippen molar-refractivity contribution in [1.29, 1.82) is 0 Å². The van der Waals surface area contributed by atoms with Crippen molar-refractivity contribution in [3.05, 3.63) is 47.2 Å². The average molecular weight is 431 g/mol. The maximum absolute atomic E-state index is 12.1. The van der Waals surface area contributed by atoms with Gasteiger partial charge < -0.3 is 19.9 Å². The van der Waals surface area contributed by atoms with Gasteiger partial charge in [0, 0.05) is 30.5 Å². The first-order valence-corrected chi connectivity index (χ1v) is 11.4. The topological polar surface area (TPSA) is 71.8 Å². The second-order valence-electron chi connectivity index (χ2n) is 7.99. The molecule has 0 atom stereocenters. The van der Waals surface area contributed by atoms with Gasteiger partial charge in [0.2, 0.25) is 0 Å². The summed E-state index contributed by atoms with van der Waals surface area (Å²) in [5, 5.41) is 3.67. The fourth-order valence-electron chi connectivity index (χ4n) is 3.27. The molecule has 3 rings (SSSR count). The zero-order valence-corrected chi connectivity index (χ0v) is 19.1. The molecule has 2 aromatic rings. The van der Waals surface area contributed by atoms with Crippen LogP contribution < -0.4 is 15.1 Å². The van der Waals surface area contributed by atoms with Crippen LogP contribution in [0.25, 0.3) is 0 Å². The van der Waals surface area contributed by atoms with Crippen molar-refractivity contribution in [2.45, 2.75) is 37.4 Å². The van der Waals surface area contributed by atoms with Crippen LogP contribution in [0, 0.1) is 0 Å². The minimum atomic E-state index is -0.0431. The van der Waals surface area contributed by atoms with E-state index in [0.29, 0.717) is 12.2 Å². The SMILES string of the molecule is COCc1cc(N2CC[NH+](C)CC2)nc(SCc2ccc(C(=O)NC(C)C)cc2)n1. The van der Waals surface area contributed by atoms with Crippen molar-refractivity contribution in [2.24, 2.45) is 0 Å². The van der Waals surface area contributed by atoms with Crippen molar-refractivity contribution in [3.8, 4) is 0 Å². The van der Waals surface area contributed by atoms with Crippen LogP contribution in [0.1, 0.15) is 35.5 Å². The molecule has 30 heavy (non-hydrogen) atoms. The van der Waals surface area contributed by atoms with Gasteiger partial charge in [-0.25, -0.2) is 9.97 Å². The second kappa shape index (κ2) is 10.7. The molecular weight excluding hydrogens is 398 g/mol. The molecule has 162 valence electrons. The van der Waals surface area contributed by atoms with Crippen LogP contribution >= 0.6 is 11.8 Å². The molecule has 2 N–H and O–H groups in total. The first kappa shape index (κ1) is 22.5. The number of carbonyl (C=O) groups is 1. The number of methoxy groups -OCH3 is 1. The van der Waals surface area contributed by atoms with Gasteiger partial charge >= 0.3 is 0 Å². The van der Waals surface area contributed by atoms with E-state index in [1.807, 2.05) is 44.2 Å². The van der Waals surface area contributed by atoms with Crippen LogP contribution in [0.3, 0.4) is 0 Å². The highest BCUT2D eigenvalue weighted by Gasteiger charge is 2.19. The van der Waals surface area contributed by atoms with E-state index < -0.39 is 0 Å². The molecule has 8 heteroatoms. The highest BCUT2D eigenvalue weighted by molar-refractivity contribution is 7.98. The van der Waals surface area contributed by atoms with Gasteiger partial charge in [0.1, 0.15) is 5.82 Å². The van der Waals surface area contributed by atoms with Crippen LogP contribution in [0.5, 0.6) is 0 Å². The van der Waals surface area contributed by atoms with Gasteiger partial charge in [-0.3, -0.25) is 4.79 Å². The molecule has 0 unspecified atom stereocenters. The zero-order valence-electron chi connectivity index (χ0n) is 18.3. The molecule has 1 fully saturated rings. The van der Waals surface area contributed by atoms with Crippen molar-refractivity contribution in [3.63, 3.8) is 0 Å². The largest absolute Gasteiger partial charge is 0.378 e. The molecule has 0 aliphatic carbocycles. The number of benzene rings is 1. The Morgan fingerprint density at radius 3 is 2.57 bits per heavy atom. The molecule has 1 aliphatic rings. The molecule has 1 amide bonds. The molecule has 1 saturated heterocycles. The number of piperazine rings is 1. The van der Waals surface area contributed by atoms with Gasteiger partial charge in [-0.15, -0.1) is 0 Å². The molecule has 1 aliphatic heterocycles. The predicted octanol–water partition coefficient (Wildman–Crippen LogP) is 1.39. The van der Waals surface area contributed by atoms with Gasteiger partial charge in [0.15, 0.2) is 5.16 Å². The molecular formula is C22H32N5O2S+. The highest BCUT2D eigenvalue weighted by Crippen LogP contribution is 2.23. The van der Waals surface area contributed by atoms with Crippen molar-refractivity contribution < 1.29 is 14.4 Å². The lowest BCUT2D eigenvalue weighted by Crippen LogP contribution is -3.12. The van der Waals surface area contributed by atoms with E-state index in [1.165, 1.54) is 0 Å². The van der Waals surface area contributed by atoms with E-state index in [-0.39, 0.29) is 11.9 Å². The summed E-state index contributed by atoms with van der Waals surface area (Å²) in [7, 11) is 3.91. The minimum Gasteiger partial charge on any atom is -0.378 e. The fraction of sp³-hybridized carbons (Fsp3) is 0.500. The number of quaternary nitrogens is 1. The van der Waals surface area contributed by atoms with E-state index in [2.05, 4.69) is 22.2 Å². The number of amides is 1. The Kier molecular flexibility index (Phi) is 8.07. The summed E-state index contributed by atoms with van der Waals surface area (Å²) >= 11 is 1.61. The standard InChI is InChI=1S/C22H31N5O2S/c1-16(2)23-21(28)18-7-5-17(6-8-18)15-30-22-24-19(14-29-4)13-20(25-22)27-11-9-26(3)10-12-27/h5-8,13,16H,9-12,14-15H2,1-4H3,(H,23,28)/p+1. The predicted molar refractivity (Wildman–Crippen MR) is 120 cm³/mol. The summed E-state index contributed by atoms with van der Waals surface area (Å²) in [6, 6.07) is 9.88. The van der Waals surface area contributed by atoms with Crippen molar-refractivity contribution in [2.75, 3.05) is 45.2 Å². The summed E-state index contributed by atoms with van der Waals surface area (Å²) < 4.78 is 5.31. The summed E-state index contributed by atoms with van der Waals surface area (Å²) in [5.41, 5.74) is 2.71. The quantitative estimate of drug-likeness (QED) is 0.487. The van der Waals surface area contributed by atoms with E-state index in [0.717, 1.165) is 54.2 Å². The van der Waals surface area contributed by atoms with Crippen molar-refractivity contribution in [1.82, 2.24) is 15.3 Å². The van der Waals surface area contributed by atoms with Crippen LogP contribution in [0.4, 0.5) is 5.82 Å². The summed E-state index contributed by atoms with van der Waals surface area (Å²) in [4.78, 5) is 25.4. The number of nitrogens with zero attached hydrogens (tertiary/aromatic N) is 3. The first-order valence-electron chi connectivity index (χ1n) is 10.4. The number of carbonyl (C=O) groups excluding carboxylic acids is 1. The lowest BCUT2D eigenvalue weighted by Gasteiger charge is -2.31. The van der Waals surface area contributed by atoms with Gasteiger partial charge in [0.05, 0.1) is 45.5 Å². The Labute approximate surface area is 183 Å². The lowest BCUT2D eigenvalue weighted by atomic mass is 10.1. The number of nitrogens with one attached hydrogen (secondary N) is 2. The van der Waals surface area contributed by atoms with Gasteiger partial charge in [0.25, 0.3) is 5.91 Å². The van der Waals surface area contributed by atoms with Gasteiger partial charge in [-0.2, -0.15) is 0 Å². The first-order chi connectivity index (χ1) is 14.4. The Bertz CT molecular complexity index is 836. The van der Waals surface area contributed by atoms with Crippen molar-refractivity contribution >= 4 is 23.5 Å². The van der Waals surface area contributed by atoms with Gasteiger partial charge in [-0.05, 0) is 31.5 Å². The molecule has 0 spiro atoms. The van der Waals surface area contributed by atoms with Crippen LogP contribution in [-0.4, -0.2) is 62.3 Å². The molecule has 0 bridgehead atoms. The fourth-order valence-corrected chi connectivity index (χ4v) is 4.10. The average Bonchev–Trinajstić information content (AvgIpc) is 2.73. The maximum atomic E-state index is 12.1. The number of aromatic nitrogens is 2. The lowest BCUT2D eigenvalue weighted by molar-refractivity contribution is -0.880. The molecule has 0 radical (unpaired) electrons. The Hall–Kier alpha value is -2.16. The number of anilines is 1. The minimum absolute atomic E-state index is 0.0431. The molecule has 1 aromatic heterocycles. The Morgan fingerprint density at radius 1 is 1.23 bits per heavy atom. The normalized spacial score (nSPS) is 14.9. The van der Waals surface area contributed by atoms with Crippen LogP contribution in [0.15, 0.2) is 35.5 Å².